The molecule has 0 radical (unpaired) electrons. The Bertz CT molecular complexity index is 2850. The SMILES string of the molecule is c1ccc(-c2nc(-c3ccc4ccccc4c3)nc(-c3cc4c(c5ccccc35)Sc3ccccc3C43c4ccccc4-c4ccccc43)n2)cc1. The van der Waals surface area contributed by atoms with E-state index in [0.717, 1.165) is 27.5 Å². The van der Waals surface area contributed by atoms with E-state index in [1.807, 2.05) is 30.0 Å². The molecule has 4 heteroatoms. The highest BCUT2D eigenvalue weighted by Gasteiger charge is 2.50. The smallest absolute Gasteiger partial charge is 0.164 e. The van der Waals surface area contributed by atoms with Gasteiger partial charge in [0.2, 0.25) is 0 Å². The summed E-state index contributed by atoms with van der Waals surface area (Å²) in [6, 6.07) is 63.2. The van der Waals surface area contributed by atoms with Crippen molar-refractivity contribution in [2.24, 2.45) is 0 Å². The van der Waals surface area contributed by atoms with E-state index in [1.54, 1.807) is 0 Å². The molecule has 0 unspecified atom stereocenters. The Labute approximate surface area is 305 Å². The minimum atomic E-state index is -0.514. The second kappa shape index (κ2) is 11.3. The lowest BCUT2D eigenvalue weighted by molar-refractivity contribution is 0.726. The highest BCUT2D eigenvalue weighted by atomic mass is 32.2. The fourth-order valence-electron chi connectivity index (χ4n) is 8.53. The van der Waals surface area contributed by atoms with Crippen LogP contribution in [-0.4, -0.2) is 15.0 Å². The van der Waals surface area contributed by atoms with Gasteiger partial charge in [-0.3, -0.25) is 0 Å². The van der Waals surface area contributed by atoms with Crippen LogP contribution in [0, 0.1) is 0 Å². The Morgan fingerprint density at radius 2 is 0.942 bits per heavy atom. The Morgan fingerprint density at radius 3 is 1.71 bits per heavy atom. The quantitative estimate of drug-likeness (QED) is 0.186. The van der Waals surface area contributed by atoms with Crippen molar-refractivity contribution >= 4 is 33.3 Å². The Morgan fingerprint density at radius 1 is 0.365 bits per heavy atom. The first-order valence-electron chi connectivity index (χ1n) is 17.6. The van der Waals surface area contributed by atoms with Crippen molar-refractivity contribution in [3.63, 3.8) is 0 Å². The highest BCUT2D eigenvalue weighted by molar-refractivity contribution is 7.99. The zero-order valence-electron chi connectivity index (χ0n) is 28.0. The van der Waals surface area contributed by atoms with E-state index in [0.29, 0.717) is 17.5 Å². The van der Waals surface area contributed by atoms with Gasteiger partial charge in [0, 0.05) is 26.5 Å². The van der Waals surface area contributed by atoms with Gasteiger partial charge in [0.05, 0.1) is 5.41 Å². The molecule has 11 rings (SSSR count). The maximum absolute atomic E-state index is 5.32. The molecule has 0 N–H and O–H groups in total. The maximum Gasteiger partial charge on any atom is 0.164 e. The zero-order valence-corrected chi connectivity index (χ0v) is 28.8. The molecule has 9 aromatic rings. The van der Waals surface area contributed by atoms with Gasteiger partial charge in [-0.25, -0.2) is 15.0 Å². The summed E-state index contributed by atoms with van der Waals surface area (Å²) in [5.41, 5.74) is 10.2. The fraction of sp³-hybridized carbons (Fsp3) is 0.0208. The first kappa shape index (κ1) is 29.4. The molecule has 1 spiro atoms. The second-order valence-corrected chi connectivity index (χ2v) is 14.6. The molecule has 0 fully saturated rings. The number of rotatable bonds is 3. The van der Waals surface area contributed by atoms with Crippen LogP contribution < -0.4 is 0 Å². The third kappa shape index (κ3) is 4.19. The lowest BCUT2D eigenvalue weighted by Gasteiger charge is -2.40. The molecule has 242 valence electrons. The third-order valence-electron chi connectivity index (χ3n) is 10.8. The van der Waals surface area contributed by atoms with Crippen molar-refractivity contribution < 1.29 is 0 Å². The standard InChI is InChI=1S/C48H29N3S/c1-2-15-31(16-3-1)45-49-46(33-27-26-30-14-4-5-17-32(30)28-33)51-47(50-45)38-29-42-44(37-21-7-6-18-34(37)38)52-43-25-13-12-24-41(43)48(42)39-22-10-8-19-35(39)36-20-9-11-23-40(36)48/h1-29H. The van der Waals surface area contributed by atoms with Crippen LogP contribution in [0.15, 0.2) is 186 Å². The van der Waals surface area contributed by atoms with Crippen LogP contribution in [0.3, 0.4) is 0 Å². The van der Waals surface area contributed by atoms with Crippen molar-refractivity contribution in [1.82, 2.24) is 15.0 Å². The van der Waals surface area contributed by atoms with Crippen LogP contribution in [0.5, 0.6) is 0 Å². The molecule has 8 aromatic carbocycles. The van der Waals surface area contributed by atoms with Gasteiger partial charge in [0.15, 0.2) is 17.5 Å². The molecule has 3 nitrogen and oxygen atoms in total. The zero-order chi connectivity index (χ0) is 34.2. The molecule has 0 saturated carbocycles. The van der Waals surface area contributed by atoms with E-state index in [1.165, 1.54) is 53.9 Å². The summed E-state index contributed by atoms with van der Waals surface area (Å²) < 4.78 is 0. The summed E-state index contributed by atoms with van der Waals surface area (Å²) in [6.07, 6.45) is 0. The van der Waals surface area contributed by atoms with E-state index in [4.69, 9.17) is 15.0 Å². The van der Waals surface area contributed by atoms with Gasteiger partial charge in [-0.1, -0.05) is 169 Å². The van der Waals surface area contributed by atoms with Crippen molar-refractivity contribution in [3.05, 3.63) is 198 Å². The first-order valence-corrected chi connectivity index (χ1v) is 18.4. The normalized spacial score (nSPS) is 13.5. The van der Waals surface area contributed by atoms with Crippen molar-refractivity contribution in [1.29, 1.82) is 0 Å². The third-order valence-corrected chi connectivity index (χ3v) is 12.0. The molecule has 0 bridgehead atoms. The summed E-state index contributed by atoms with van der Waals surface area (Å²) in [6.45, 7) is 0. The van der Waals surface area contributed by atoms with E-state index >= 15 is 0 Å². The summed E-state index contributed by atoms with van der Waals surface area (Å²) in [4.78, 5) is 18.3. The predicted octanol–water partition coefficient (Wildman–Crippen LogP) is 12.0. The number of aromatic nitrogens is 3. The number of fused-ring (bicyclic) bond motifs is 12. The van der Waals surface area contributed by atoms with E-state index in [2.05, 4.69) is 158 Å². The Hall–Kier alpha value is -6.36. The number of hydrogen-bond donors (Lipinski definition) is 0. The maximum atomic E-state index is 5.32. The van der Waals surface area contributed by atoms with Crippen LogP contribution in [0.2, 0.25) is 0 Å². The van der Waals surface area contributed by atoms with Crippen LogP contribution in [0.1, 0.15) is 22.3 Å². The molecule has 52 heavy (non-hydrogen) atoms. The summed E-state index contributed by atoms with van der Waals surface area (Å²) >= 11 is 1.87. The molecular weight excluding hydrogens is 651 g/mol. The Balaban J connectivity index is 1.25. The molecule has 1 aliphatic heterocycles. The molecule has 2 heterocycles. The van der Waals surface area contributed by atoms with Crippen molar-refractivity contribution in [3.8, 4) is 45.3 Å². The Kier molecular flexibility index (Phi) is 6.40. The molecular formula is C48H29N3S. The van der Waals surface area contributed by atoms with Gasteiger partial charge < -0.3 is 0 Å². The monoisotopic (exact) mass is 679 g/mol. The van der Waals surface area contributed by atoms with Crippen LogP contribution in [-0.2, 0) is 5.41 Å². The van der Waals surface area contributed by atoms with E-state index in [-0.39, 0.29) is 0 Å². The average molecular weight is 680 g/mol. The second-order valence-electron chi connectivity index (χ2n) is 13.5. The fourth-order valence-corrected chi connectivity index (χ4v) is 9.84. The highest BCUT2D eigenvalue weighted by Crippen LogP contribution is 2.63. The van der Waals surface area contributed by atoms with Crippen molar-refractivity contribution in [2.75, 3.05) is 0 Å². The minimum Gasteiger partial charge on any atom is -0.208 e. The molecule has 1 aromatic heterocycles. The molecule has 1 aliphatic carbocycles. The van der Waals surface area contributed by atoms with Gasteiger partial charge in [-0.2, -0.15) is 0 Å². The van der Waals surface area contributed by atoms with Gasteiger partial charge >= 0.3 is 0 Å². The largest absolute Gasteiger partial charge is 0.208 e. The summed E-state index contributed by atoms with van der Waals surface area (Å²) in [5, 5.41) is 4.66. The lowest BCUT2D eigenvalue weighted by Crippen LogP contribution is -2.32. The van der Waals surface area contributed by atoms with Crippen LogP contribution in [0.25, 0.3) is 66.8 Å². The van der Waals surface area contributed by atoms with Gasteiger partial charge in [-0.05, 0) is 73.1 Å². The molecule has 0 amide bonds. The van der Waals surface area contributed by atoms with Crippen LogP contribution >= 0.6 is 11.8 Å². The van der Waals surface area contributed by atoms with E-state index < -0.39 is 5.41 Å². The van der Waals surface area contributed by atoms with E-state index in [9.17, 15) is 0 Å². The number of nitrogens with zero attached hydrogens (tertiary/aromatic N) is 3. The topological polar surface area (TPSA) is 38.7 Å². The molecule has 0 saturated heterocycles. The molecule has 0 atom stereocenters. The van der Waals surface area contributed by atoms with Crippen molar-refractivity contribution in [2.45, 2.75) is 15.2 Å². The average Bonchev–Trinajstić information content (AvgIpc) is 3.51. The number of benzene rings is 8. The van der Waals surface area contributed by atoms with Crippen LogP contribution in [0.4, 0.5) is 0 Å². The van der Waals surface area contributed by atoms with Gasteiger partial charge in [0.1, 0.15) is 0 Å². The summed E-state index contributed by atoms with van der Waals surface area (Å²) in [7, 11) is 0. The minimum absolute atomic E-state index is 0.514. The number of hydrogen-bond acceptors (Lipinski definition) is 4. The van der Waals surface area contributed by atoms with Gasteiger partial charge in [0.25, 0.3) is 0 Å². The lowest BCUT2D eigenvalue weighted by atomic mass is 9.66. The van der Waals surface area contributed by atoms with Gasteiger partial charge in [-0.15, -0.1) is 0 Å². The first-order chi connectivity index (χ1) is 25.8. The summed E-state index contributed by atoms with van der Waals surface area (Å²) in [5.74, 6) is 1.97. The predicted molar refractivity (Wildman–Crippen MR) is 213 cm³/mol. The molecule has 2 aliphatic rings.